The maximum atomic E-state index is 5.85. The fraction of sp³-hybridized carbons (Fsp3) is 0.769. The molecule has 0 aliphatic carbocycles. The summed E-state index contributed by atoms with van der Waals surface area (Å²) in [6.45, 7) is 6.71. The summed E-state index contributed by atoms with van der Waals surface area (Å²) in [6.07, 6.45) is 3.93. The number of thiazole rings is 1. The van der Waals surface area contributed by atoms with Crippen LogP contribution in [0.15, 0.2) is 5.38 Å². The van der Waals surface area contributed by atoms with Crippen molar-refractivity contribution in [1.29, 1.82) is 0 Å². The maximum absolute atomic E-state index is 5.85. The summed E-state index contributed by atoms with van der Waals surface area (Å²) in [5.74, 6) is 0. The van der Waals surface area contributed by atoms with Crippen molar-refractivity contribution in [3.8, 4) is 0 Å². The monoisotopic (exact) mass is 269 g/mol. The summed E-state index contributed by atoms with van der Waals surface area (Å²) in [7, 11) is 0. The van der Waals surface area contributed by atoms with Crippen molar-refractivity contribution >= 4 is 11.3 Å². The van der Waals surface area contributed by atoms with Gasteiger partial charge in [-0.15, -0.1) is 11.3 Å². The first kappa shape index (κ1) is 13.9. The van der Waals surface area contributed by atoms with Gasteiger partial charge in [0.25, 0.3) is 0 Å². The SMILES string of the molecule is CCCOC1CCCN(Cc2csc(CN)n2)C1. The topological polar surface area (TPSA) is 51.4 Å². The summed E-state index contributed by atoms with van der Waals surface area (Å²) >= 11 is 1.66. The van der Waals surface area contributed by atoms with Gasteiger partial charge in [0.1, 0.15) is 5.01 Å². The molecule has 0 amide bonds. The van der Waals surface area contributed by atoms with E-state index in [1.807, 2.05) is 0 Å². The number of ether oxygens (including phenoxy) is 1. The molecule has 1 aliphatic rings. The Kier molecular flexibility index (Phi) is 5.56. The lowest BCUT2D eigenvalue weighted by molar-refractivity contribution is -0.00248. The number of likely N-dealkylation sites (tertiary alicyclic amines) is 1. The van der Waals surface area contributed by atoms with E-state index in [4.69, 9.17) is 10.5 Å². The second kappa shape index (κ2) is 7.19. The smallest absolute Gasteiger partial charge is 0.106 e. The van der Waals surface area contributed by atoms with Gasteiger partial charge in [0, 0.05) is 31.6 Å². The molecule has 1 unspecified atom stereocenters. The van der Waals surface area contributed by atoms with Crippen LogP contribution < -0.4 is 5.73 Å². The van der Waals surface area contributed by atoms with Gasteiger partial charge >= 0.3 is 0 Å². The van der Waals surface area contributed by atoms with Gasteiger partial charge in [-0.3, -0.25) is 4.90 Å². The summed E-state index contributed by atoms with van der Waals surface area (Å²) in [5, 5.41) is 3.15. The molecule has 5 heteroatoms. The zero-order valence-corrected chi connectivity index (χ0v) is 11.9. The van der Waals surface area contributed by atoms with E-state index in [1.165, 1.54) is 12.8 Å². The third-order valence-corrected chi connectivity index (χ3v) is 4.10. The van der Waals surface area contributed by atoms with Crippen LogP contribution in [0, 0.1) is 0 Å². The average molecular weight is 269 g/mol. The Balaban J connectivity index is 1.81. The van der Waals surface area contributed by atoms with Gasteiger partial charge in [-0.1, -0.05) is 6.92 Å². The van der Waals surface area contributed by atoms with Crippen LogP contribution in [-0.4, -0.2) is 35.7 Å². The Hall–Kier alpha value is -0.490. The number of nitrogens with two attached hydrogens (primary N) is 1. The largest absolute Gasteiger partial charge is 0.377 e. The molecule has 2 rings (SSSR count). The summed E-state index contributed by atoms with van der Waals surface area (Å²) in [4.78, 5) is 6.96. The van der Waals surface area contributed by atoms with Crippen LogP contribution in [0.5, 0.6) is 0 Å². The molecule has 4 nitrogen and oxygen atoms in total. The Labute approximate surface area is 113 Å². The van der Waals surface area contributed by atoms with Crippen molar-refractivity contribution in [3.63, 3.8) is 0 Å². The van der Waals surface area contributed by atoms with Crippen LogP contribution in [0.4, 0.5) is 0 Å². The molecule has 1 aromatic rings. The summed E-state index contributed by atoms with van der Waals surface area (Å²) in [6, 6.07) is 0. The minimum atomic E-state index is 0.409. The van der Waals surface area contributed by atoms with E-state index in [2.05, 4.69) is 22.2 Å². The number of nitrogens with zero attached hydrogens (tertiary/aromatic N) is 2. The van der Waals surface area contributed by atoms with Gasteiger partial charge in [-0.25, -0.2) is 4.98 Å². The molecule has 1 saturated heterocycles. The lowest BCUT2D eigenvalue weighted by atomic mass is 10.1. The molecule has 0 radical (unpaired) electrons. The summed E-state index contributed by atoms with van der Waals surface area (Å²) < 4.78 is 5.85. The molecule has 1 fully saturated rings. The quantitative estimate of drug-likeness (QED) is 0.858. The molecule has 2 heterocycles. The molecular weight excluding hydrogens is 246 g/mol. The van der Waals surface area contributed by atoms with Crippen molar-refractivity contribution in [1.82, 2.24) is 9.88 Å². The molecule has 0 bridgehead atoms. The minimum Gasteiger partial charge on any atom is -0.377 e. The highest BCUT2D eigenvalue weighted by Crippen LogP contribution is 2.17. The standard InChI is InChI=1S/C13H23N3OS/c1-2-6-17-12-4-3-5-16(9-12)8-11-10-18-13(7-14)15-11/h10,12H,2-9,14H2,1H3. The zero-order chi connectivity index (χ0) is 12.8. The predicted octanol–water partition coefficient (Wildman–Crippen LogP) is 1.99. The van der Waals surface area contributed by atoms with Crippen LogP contribution in [0.25, 0.3) is 0 Å². The summed E-state index contributed by atoms with van der Waals surface area (Å²) in [5.41, 5.74) is 6.74. The molecule has 1 atom stereocenters. The number of hydrogen-bond donors (Lipinski definition) is 1. The van der Waals surface area contributed by atoms with Crippen LogP contribution in [0.1, 0.15) is 36.9 Å². The predicted molar refractivity (Wildman–Crippen MR) is 74.5 cm³/mol. The van der Waals surface area contributed by atoms with E-state index < -0.39 is 0 Å². The normalized spacial score (nSPS) is 21.3. The molecule has 1 aromatic heterocycles. The minimum absolute atomic E-state index is 0.409. The number of piperidine rings is 1. The molecule has 2 N–H and O–H groups in total. The van der Waals surface area contributed by atoms with Gasteiger partial charge in [0.05, 0.1) is 11.8 Å². The zero-order valence-electron chi connectivity index (χ0n) is 11.1. The van der Waals surface area contributed by atoms with E-state index in [0.717, 1.165) is 43.4 Å². The van der Waals surface area contributed by atoms with E-state index in [9.17, 15) is 0 Å². The van der Waals surface area contributed by atoms with E-state index in [-0.39, 0.29) is 0 Å². The third-order valence-electron chi connectivity index (χ3n) is 3.18. The van der Waals surface area contributed by atoms with Crippen LogP contribution in [-0.2, 0) is 17.8 Å². The number of aromatic nitrogens is 1. The maximum Gasteiger partial charge on any atom is 0.106 e. The van der Waals surface area contributed by atoms with Crippen molar-refractivity contribution in [2.24, 2.45) is 5.73 Å². The van der Waals surface area contributed by atoms with Crippen molar-refractivity contribution in [2.45, 2.75) is 45.4 Å². The molecule has 18 heavy (non-hydrogen) atoms. The first-order chi connectivity index (χ1) is 8.81. The van der Waals surface area contributed by atoms with Gasteiger partial charge in [0.2, 0.25) is 0 Å². The molecule has 102 valence electrons. The second-order valence-corrected chi connectivity index (χ2v) is 5.75. The first-order valence-corrected chi connectivity index (χ1v) is 7.67. The Morgan fingerprint density at radius 2 is 2.50 bits per heavy atom. The highest BCUT2D eigenvalue weighted by molar-refractivity contribution is 7.09. The number of hydrogen-bond acceptors (Lipinski definition) is 5. The van der Waals surface area contributed by atoms with Crippen LogP contribution in [0.3, 0.4) is 0 Å². The lowest BCUT2D eigenvalue weighted by Gasteiger charge is -2.32. The molecule has 1 aliphatic heterocycles. The highest BCUT2D eigenvalue weighted by Gasteiger charge is 2.20. The van der Waals surface area contributed by atoms with Crippen molar-refractivity contribution < 1.29 is 4.74 Å². The lowest BCUT2D eigenvalue weighted by Crippen LogP contribution is -2.39. The molecular formula is C13H23N3OS. The molecule has 0 spiro atoms. The van der Waals surface area contributed by atoms with Crippen molar-refractivity contribution in [3.05, 3.63) is 16.1 Å². The Morgan fingerprint density at radius 3 is 3.22 bits per heavy atom. The van der Waals surface area contributed by atoms with Gasteiger partial charge in [-0.2, -0.15) is 0 Å². The third kappa shape index (κ3) is 4.02. The Morgan fingerprint density at radius 1 is 1.61 bits per heavy atom. The fourth-order valence-electron chi connectivity index (χ4n) is 2.32. The van der Waals surface area contributed by atoms with Gasteiger partial charge < -0.3 is 10.5 Å². The molecule has 0 saturated carbocycles. The molecule has 0 aromatic carbocycles. The fourth-order valence-corrected chi connectivity index (χ4v) is 2.99. The van der Waals surface area contributed by atoms with Crippen LogP contribution in [0.2, 0.25) is 0 Å². The van der Waals surface area contributed by atoms with E-state index in [0.29, 0.717) is 12.6 Å². The first-order valence-electron chi connectivity index (χ1n) is 6.79. The van der Waals surface area contributed by atoms with Crippen LogP contribution >= 0.6 is 11.3 Å². The van der Waals surface area contributed by atoms with E-state index >= 15 is 0 Å². The van der Waals surface area contributed by atoms with Crippen molar-refractivity contribution in [2.75, 3.05) is 19.7 Å². The average Bonchev–Trinajstić information content (AvgIpc) is 2.84. The number of rotatable bonds is 6. The Bertz CT molecular complexity index is 356. The second-order valence-electron chi connectivity index (χ2n) is 4.81. The van der Waals surface area contributed by atoms with E-state index in [1.54, 1.807) is 11.3 Å². The van der Waals surface area contributed by atoms with Gasteiger partial charge in [-0.05, 0) is 25.8 Å². The van der Waals surface area contributed by atoms with Gasteiger partial charge in [0.15, 0.2) is 0 Å². The highest BCUT2D eigenvalue weighted by atomic mass is 32.1.